The molecule has 0 radical (unpaired) electrons. The Morgan fingerprint density at radius 2 is 1.93 bits per heavy atom. The van der Waals surface area contributed by atoms with Crippen LogP contribution in [0.25, 0.3) is 0 Å². The summed E-state index contributed by atoms with van der Waals surface area (Å²) in [4.78, 5) is 15.1. The van der Waals surface area contributed by atoms with Crippen LogP contribution in [0.15, 0.2) is 0 Å². The molecule has 80 valence electrons. The Kier molecular flexibility index (Phi) is 2.74. The molecular weight excluding hydrogens is 180 g/mol. The fraction of sp³-hybridized carbons (Fsp3) is 0.900. The van der Waals surface area contributed by atoms with Crippen LogP contribution in [0, 0.1) is 11.8 Å². The normalized spacial score (nSPS) is 25.8. The van der Waals surface area contributed by atoms with E-state index in [1.54, 1.807) is 0 Å². The zero-order valence-electron chi connectivity index (χ0n) is 8.65. The molecule has 0 saturated carbocycles. The molecule has 2 fully saturated rings. The van der Waals surface area contributed by atoms with Gasteiger partial charge in [0.15, 0.2) is 0 Å². The van der Waals surface area contributed by atoms with Crippen molar-refractivity contribution in [2.75, 3.05) is 39.8 Å². The monoisotopic (exact) mass is 198 g/mol. The third-order valence-corrected chi connectivity index (χ3v) is 3.15. The van der Waals surface area contributed by atoms with Gasteiger partial charge in [-0.2, -0.15) is 0 Å². The maximum Gasteiger partial charge on any atom is 0.303 e. The van der Waals surface area contributed by atoms with Crippen molar-refractivity contribution in [3.8, 4) is 0 Å². The van der Waals surface area contributed by atoms with Crippen molar-refractivity contribution in [2.24, 2.45) is 11.8 Å². The summed E-state index contributed by atoms with van der Waals surface area (Å²) in [6.07, 6.45) is 0.348. The smallest absolute Gasteiger partial charge is 0.303 e. The van der Waals surface area contributed by atoms with Crippen molar-refractivity contribution in [1.29, 1.82) is 0 Å². The van der Waals surface area contributed by atoms with Crippen LogP contribution in [0.2, 0.25) is 0 Å². The number of aliphatic carboxylic acids is 1. The molecule has 0 spiro atoms. The fourth-order valence-corrected chi connectivity index (χ4v) is 2.51. The Bertz CT molecular complexity index is 220. The number of nitrogens with zero attached hydrogens (tertiary/aromatic N) is 2. The molecule has 2 aliphatic heterocycles. The Morgan fingerprint density at radius 3 is 2.43 bits per heavy atom. The van der Waals surface area contributed by atoms with E-state index in [2.05, 4.69) is 16.8 Å². The summed E-state index contributed by atoms with van der Waals surface area (Å²) in [5, 5.41) is 8.58. The van der Waals surface area contributed by atoms with Crippen LogP contribution in [0.5, 0.6) is 0 Å². The highest BCUT2D eigenvalue weighted by molar-refractivity contribution is 5.67. The van der Waals surface area contributed by atoms with Crippen LogP contribution >= 0.6 is 0 Å². The average Bonchev–Trinajstić information content (AvgIpc) is 1.96. The van der Waals surface area contributed by atoms with Gasteiger partial charge in [0.2, 0.25) is 0 Å². The van der Waals surface area contributed by atoms with Crippen molar-refractivity contribution < 1.29 is 9.90 Å². The van der Waals surface area contributed by atoms with Crippen LogP contribution < -0.4 is 0 Å². The minimum atomic E-state index is -0.655. The van der Waals surface area contributed by atoms with Crippen molar-refractivity contribution in [3.63, 3.8) is 0 Å². The minimum Gasteiger partial charge on any atom is -0.481 e. The van der Waals surface area contributed by atoms with Gasteiger partial charge in [0, 0.05) is 32.7 Å². The first kappa shape index (κ1) is 9.93. The molecule has 0 atom stereocenters. The van der Waals surface area contributed by atoms with E-state index >= 15 is 0 Å². The number of hydrogen-bond acceptors (Lipinski definition) is 3. The van der Waals surface area contributed by atoms with Gasteiger partial charge in [0.1, 0.15) is 0 Å². The second-order valence-corrected chi connectivity index (χ2v) is 4.77. The van der Waals surface area contributed by atoms with Gasteiger partial charge in [-0.25, -0.2) is 0 Å². The van der Waals surface area contributed by atoms with Gasteiger partial charge in [-0.15, -0.1) is 0 Å². The Labute approximate surface area is 84.5 Å². The van der Waals surface area contributed by atoms with E-state index in [-0.39, 0.29) is 0 Å². The molecule has 0 unspecified atom stereocenters. The van der Waals surface area contributed by atoms with E-state index in [4.69, 9.17) is 5.11 Å². The number of carbonyl (C=O) groups is 1. The van der Waals surface area contributed by atoms with Gasteiger partial charge < -0.3 is 14.9 Å². The Hall–Kier alpha value is -0.610. The van der Waals surface area contributed by atoms with Crippen LogP contribution in [-0.4, -0.2) is 60.6 Å². The van der Waals surface area contributed by atoms with E-state index in [1.807, 2.05) is 0 Å². The summed E-state index contributed by atoms with van der Waals surface area (Å²) < 4.78 is 0. The van der Waals surface area contributed by atoms with Crippen LogP contribution in [-0.2, 0) is 4.79 Å². The first-order valence-electron chi connectivity index (χ1n) is 5.26. The van der Waals surface area contributed by atoms with Gasteiger partial charge in [-0.1, -0.05) is 0 Å². The molecule has 2 aliphatic rings. The molecule has 4 heteroatoms. The highest BCUT2D eigenvalue weighted by atomic mass is 16.4. The van der Waals surface area contributed by atoms with Crippen molar-refractivity contribution >= 4 is 5.97 Å². The zero-order chi connectivity index (χ0) is 10.1. The predicted octanol–water partition coefficient (Wildman–Crippen LogP) is -0.0455. The molecule has 2 saturated heterocycles. The SMILES string of the molecule is CN1CC(CN2CC(CC(=O)O)C2)C1. The molecule has 2 rings (SSSR count). The molecular formula is C10H18N2O2. The molecule has 4 nitrogen and oxygen atoms in total. The maximum atomic E-state index is 10.4. The van der Waals surface area contributed by atoms with E-state index < -0.39 is 5.97 Å². The van der Waals surface area contributed by atoms with E-state index in [9.17, 15) is 4.79 Å². The number of carboxylic acids is 1. The molecule has 0 bridgehead atoms. The lowest BCUT2D eigenvalue weighted by molar-refractivity contribution is -0.139. The molecule has 0 aromatic carbocycles. The summed E-state index contributed by atoms with van der Waals surface area (Å²) in [6, 6.07) is 0. The van der Waals surface area contributed by atoms with E-state index in [0.29, 0.717) is 12.3 Å². The number of rotatable bonds is 4. The van der Waals surface area contributed by atoms with Gasteiger partial charge >= 0.3 is 5.97 Å². The lowest BCUT2D eigenvalue weighted by Gasteiger charge is -2.45. The maximum absolute atomic E-state index is 10.4. The van der Waals surface area contributed by atoms with Crippen molar-refractivity contribution in [3.05, 3.63) is 0 Å². The second kappa shape index (κ2) is 3.87. The lowest BCUT2D eigenvalue weighted by Crippen LogP contribution is -2.55. The Morgan fingerprint density at radius 1 is 1.29 bits per heavy atom. The van der Waals surface area contributed by atoms with Gasteiger partial charge in [0.05, 0.1) is 6.42 Å². The second-order valence-electron chi connectivity index (χ2n) is 4.77. The van der Waals surface area contributed by atoms with Crippen LogP contribution in [0.4, 0.5) is 0 Å². The highest BCUT2D eigenvalue weighted by Gasteiger charge is 2.32. The first-order valence-corrected chi connectivity index (χ1v) is 5.26. The molecule has 2 heterocycles. The molecule has 1 N–H and O–H groups in total. The number of hydrogen-bond donors (Lipinski definition) is 1. The topological polar surface area (TPSA) is 43.8 Å². The van der Waals surface area contributed by atoms with Gasteiger partial charge in [-0.3, -0.25) is 4.79 Å². The third kappa shape index (κ3) is 2.25. The summed E-state index contributed by atoms with van der Waals surface area (Å²) in [5.74, 6) is 0.578. The first-order chi connectivity index (χ1) is 6.63. The summed E-state index contributed by atoms with van der Waals surface area (Å²) in [7, 11) is 2.14. The zero-order valence-corrected chi connectivity index (χ0v) is 8.65. The number of carboxylic acid groups (broad SMARTS) is 1. The van der Waals surface area contributed by atoms with Crippen molar-refractivity contribution in [2.45, 2.75) is 6.42 Å². The van der Waals surface area contributed by atoms with E-state index in [1.165, 1.54) is 19.6 Å². The largest absolute Gasteiger partial charge is 0.481 e. The van der Waals surface area contributed by atoms with E-state index in [0.717, 1.165) is 19.0 Å². The molecule has 0 aromatic heterocycles. The minimum absolute atomic E-state index is 0.348. The lowest BCUT2D eigenvalue weighted by atomic mass is 9.92. The average molecular weight is 198 g/mol. The standard InChI is InChI=1S/C10H18N2O2/c1-11-3-9(4-11)7-12-5-8(6-12)2-10(13)14/h8-9H,2-7H2,1H3,(H,13,14). The molecule has 0 aromatic rings. The number of likely N-dealkylation sites (tertiary alicyclic amines) is 2. The van der Waals surface area contributed by atoms with Gasteiger partial charge in [-0.05, 0) is 18.9 Å². The molecule has 0 amide bonds. The summed E-state index contributed by atoms with van der Waals surface area (Å²) >= 11 is 0. The fourth-order valence-electron chi connectivity index (χ4n) is 2.51. The van der Waals surface area contributed by atoms with Crippen LogP contribution in [0.3, 0.4) is 0 Å². The van der Waals surface area contributed by atoms with Gasteiger partial charge in [0.25, 0.3) is 0 Å². The quantitative estimate of drug-likeness (QED) is 0.688. The highest BCUT2D eigenvalue weighted by Crippen LogP contribution is 2.23. The third-order valence-electron chi connectivity index (χ3n) is 3.15. The predicted molar refractivity (Wildman–Crippen MR) is 53.2 cm³/mol. The van der Waals surface area contributed by atoms with Crippen molar-refractivity contribution in [1.82, 2.24) is 9.80 Å². The molecule has 0 aliphatic carbocycles. The summed E-state index contributed by atoms with van der Waals surface area (Å²) in [5.41, 5.74) is 0. The summed E-state index contributed by atoms with van der Waals surface area (Å²) in [6.45, 7) is 5.57. The van der Waals surface area contributed by atoms with Crippen LogP contribution in [0.1, 0.15) is 6.42 Å². The molecule has 14 heavy (non-hydrogen) atoms. The Balaban J connectivity index is 1.57.